The minimum atomic E-state index is 0.886. The Hall–Kier alpha value is -8.66. The van der Waals surface area contributed by atoms with Crippen molar-refractivity contribution in [1.29, 1.82) is 0 Å². The Balaban J connectivity index is 1.00. The van der Waals surface area contributed by atoms with Crippen LogP contribution in [-0.4, -0.2) is 0 Å². The largest absolute Gasteiger partial charge is 0.456 e. The molecule has 0 atom stereocenters. The van der Waals surface area contributed by atoms with Crippen molar-refractivity contribution in [3.05, 3.63) is 237 Å². The summed E-state index contributed by atoms with van der Waals surface area (Å²) in [6, 6.07) is 84.8. The molecule has 0 saturated carbocycles. The number of benzene rings is 11. The van der Waals surface area contributed by atoms with Crippen molar-refractivity contribution in [2.75, 3.05) is 4.90 Å². The fourth-order valence-electron chi connectivity index (χ4n) is 10.0. The Labute approximate surface area is 375 Å². The minimum Gasteiger partial charge on any atom is -0.456 e. The number of hydrogen-bond acceptors (Lipinski definition) is 3. The number of furan rings is 2. The second kappa shape index (κ2) is 15.0. The first-order valence-corrected chi connectivity index (χ1v) is 22.2. The summed E-state index contributed by atoms with van der Waals surface area (Å²) in [7, 11) is 0. The molecule has 11 aromatic carbocycles. The summed E-state index contributed by atoms with van der Waals surface area (Å²) in [5.41, 5.74) is 15.9. The fourth-order valence-corrected chi connectivity index (χ4v) is 10.0. The third-order valence-corrected chi connectivity index (χ3v) is 13.1. The highest BCUT2D eigenvalue weighted by Crippen LogP contribution is 2.46. The molecule has 0 fully saturated rings. The van der Waals surface area contributed by atoms with Crippen LogP contribution in [0.25, 0.3) is 110 Å². The van der Waals surface area contributed by atoms with Gasteiger partial charge in [-0.2, -0.15) is 0 Å². The molecule has 0 N–H and O–H groups in total. The monoisotopic (exact) mass is 829 g/mol. The van der Waals surface area contributed by atoms with Crippen LogP contribution in [0, 0.1) is 0 Å². The van der Waals surface area contributed by atoms with E-state index >= 15 is 0 Å². The average Bonchev–Trinajstić information content (AvgIpc) is 3.96. The lowest BCUT2D eigenvalue weighted by Gasteiger charge is -2.29. The quantitative estimate of drug-likeness (QED) is 0.160. The lowest BCUT2D eigenvalue weighted by Crippen LogP contribution is -2.11. The van der Waals surface area contributed by atoms with Crippen molar-refractivity contribution >= 4 is 82.5 Å². The van der Waals surface area contributed by atoms with Gasteiger partial charge in [-0.15, -0.1) is 0 Å². The summed E-state index contributed by atoms with van der Waals surface area (Å²) in [5.74, 6) is 0. The fraction of sp³-hybridized carbons (Fsp3) is 0. The van der Waals surface area contributed by atoms with Crippen molar-refractivity contribution in [2.24, 2.45) is 0 Å². The van der Waals surface area contributed by atoms with Crippen molar-refractivity contribution < 1.29 is 8.83 Å². The maximum absolute atomic E-state index is 6.60. The van der Waals surface area contributed by atoms with E-state index in [2.05, 4.69) is 229 Å². The van der Waals surface area contributed by atoms with Crippen molar-refractivity contribution in [1.82, 2.24) is 0 Å². The zero-order valence-electron chi connectivity index (χ0n) is 35.3. The van der Waals surface area contributed by atoms with E-state index in [0.29, 0.717) is 0 Å². The zero-order valence-corrected chi connectivity index (χ0v) is 35.3. The van der Waals surface area contributed by atoms with Crippen LogP contribution in [0.2, 0.25) is 0 Å². The maximum atomic E-state index is 6.60. The molecule has 2 aromatic heterocycles. The van der Waals surface area contributed by atoms with Gasteiger partial charge in [0.05, 0.1) is 5.69 Å². The van der Waals surface area contributed by atoms with Crippen molar-refractivity contribution in [2.45, 2.75) is 0 Å². The van der Waals surface area contributed by atoms with Gasteiger partial charge in [0.2, 0.25) is 0 Å². The van der Waals surface area contributed by atoms with Gasteiger partial charge in [-0.1, -0.05) is 182 Å². The molecule has 0 saturated heterocycles. The SMILES string of the molecule is c1ccc(-c2ccc(-c3cccc4ccccc34)cc2N(c2ccc(-c3cccc4oc5ccccc5c34)cc2)c2ccc(-c3cccc4oc5c6ccccc6ccc5c34)cc2)cc1. The molecule has 0 amide bonds. The van der Waals surface area contributed by atoms with E-state index in [0.717, 1.165) is 105 Å². The third kappa shape index (κ3) is 6.12. The highest BCUT2D eigenvalue weighted by Gasteiger charge is 2.21. The van der Waals surface area contributed by atoms with E-state index in [9.17, 15) is 0 Å². The standard InChI is InChI=1S/C62H39NO2/c1-2-13-41(14-3-1)50-37-32-45(49-21-10-17-40-15-4-6-18-48(40)49)39-56(50)63(46-33-27-43(28-34-46)51-22-11-25-58-60(51)54-20-8-9-24-57(54)64-58)47-35-29-44(30-36-47)52-23-12-26-59-61(52)55-38-31-42-16-5-7-19-53(42)62(55)65-59/h1-39H. The van der Waals surface area contributed by atoms with Crippen LogP contribution in [0.15, 0.2) is 245 Å². The first-order valence-electron chi connectivity index (χ1n) is 22.2. The van der Waals surface area contributed by atoms with E-state index in [-0.39, 0.29) is 0 Å². The van der Waals surface area contributed by atoms with E-state index in [4.69, 9.17) is 8.83 Å². The summed E-state index contributed by atoms with van der Waals surface area (Å²) in [6.45, 7) is 0. The van der Waals surface area contributed by atoms with Crippen molar-refractivity contribution in [3.8, 4) is 44.5 Å². The molecule has 0 aliphatic carbocycles. The number of anilines is 3. The molecule has 0 bridgehead atoms. The Bertz CT molecular complexity index is 3930. The number of para-hydroxylation sites is 1. The number of hydrogen-bond donors (Lipinski definition) is 0. The summed E-state index contributed by atoms with van der Waals surface area (Å²) in [5, 5.41) is 9.24. The molecule has 0 radical (unpaired) electrons. The molecule has 3 nitrogen and oxygen atoms in total. The minimum absolute atomic E-state index is 0.886. The Morgan fingerprint density at radius 1 is 0.277 bits per heavy atom. The maximum Gasteiger partial charge on any atom is 0.143 e. The summed E-state index contributed by atoms with van der Waals surface area (Å²) >= 11 is 0. The molecule has 0 spiro atoms. The molecule has 0 unspecified atom stereocenters. The van der Waals surface area contributed by atoms with Gasteiger partial charge in [0.15, 0.2) is 0 Å². The van der Waals surface area contributed by atoms with Gasteiger partial charge in [0.1, 0.15) is 22.3 Å². The van der Waals surface area contributed by atoms with Crippen LogP contribution in [0.5, 0.6) is 0 Å². The van der Waals surface area contributed by atoms with Crippen molar-refractivity contribution in [3.63, 3.8) is 0 Å². The molecule has 3 heteroatoms. The normalized spacial score (nSPS) is 11.7. The molecule has 13 aromatic rings. The molecule has 0 aliphatic heterocycles. The summed E-state index contributed by atoms with van der Waals surface area (Å²) in [4.78, 5) is 2.42. The van der Waals surface area contributed by atoms with Crippen LogP contribution < -0.4 is 4.90 Å². The molecule has 65 heavy (non-hydrogen) atoms. The van der Waals surface area contributed by atoms with E-state index < -0.39 is 0 Å². The number of nitrogens with zero attached hydrogens (tertiary/aromatic N) is 1. The second-order valence-electron chi connectivity index (χ2n) is 16.8. The molecular formula is C62H39NO2. The summed E-state index contributed by atoms with van der Waals surface area (Å²) in [6.07, 6.45) is 0. The predicted molar refractivity (Wildman–Crippen MR) is 272 cm³/mol. The van der Waals surface area contributed by atoms with E-state index in [1.54, 1.807) is 0 Å². The lowest BCUT2D eigenvalue weighted by atomic mass is 9.93. The van der Waals surface area contributed by atoms with Gasteiger partial charge in [0.25, 0.3) is 0 Å². The van der Waals surface area contributed by atoms with Gasteiger partial charge < -0.3 is 13.7 Å². The smallest absolute Gasteiger partial charge is 0.143 e. The lowest BCUT2D eigenvalue weighted by molar-refractivity contribution is 0.669. The van der Waals surface area contributed by atoms with E-state index in [1.165, 1.54) is 21.7 Å². The van der Waals surface area contributed by atoms with Gasteiger partial charge in [-0.25, -0.2) is 0 Å². The van der Waals surface area contributed by atoms with Gasteiger partial charge >= 0.3 is 0 Å². The molecule has 13 rings (SSSR count). The molecule has 304 valence electrons. The zero-order chi connectivity index (χ0) is 42.8. The first-order chi connectivity index (χ1) is 32.2. The van der Waals surface area contributed by atoms with Crippen LogP contribution in [0.3, 0.4) is 0 Å². The Morgan fingerprint density at radius 2 is 0.785 bits per heavy atom. The van der Waals surface area contributed by atoms with Crippen LogP contribution in [0.4, 0.5) is 17.1 Å². The predicted octanol–water partition coefficient (Wildman–Crippen LogP) is 17.9. The highest BCUT2D eigenvalue weighted by atomic mass is 16.3. The molecule has 0 aliphatic rings. The molecular weight excluding hydrogens is 791 g/mol. The number of fused-ring (bicyclic) bond motifs is 9. The van der Waals surface area contributed by atoms with Gasteiger partial charge in [-0.05, 0) is 110 Å². The second-order valence-corrected chi connectivity index (χ2v) is 16.8. The topological polar surface area (TPSA) is 29.5 Å². The van der Waals surface area contributed by atoms with Gasteiger partial charge in [-0.3, -0.25) is 0 Å². The Kier molecular flexibility index (Phi) is 8.53. The first kappa shape index (κ1) is 36.9. The van der Waals surface area contributed by atoms with Crippen LogP contribution in [-0.2, 0) is 0 Å². The number of rotatable bonds is 7. The highest BCUT2D eigenvalue weighted by molar-refractivity contribution is 6.19. The van der Waals surface area contributed by atoms with Gasteiger partial charge in [0, 0.05) is 43.9 Å². The van der Waals surface area contributed by atoms with Crippen LogP contribution in [0.1, 0.15) is 0 Å². The third-order valence-electron chi connectivity index (χ3n) is 13.1. The van der Waals surface area contributed by atoms with Crippen LogP contribution >= 0.6 is 0 Å². The molecule has 2 heterocycles. The Morgan fingerprint density at radius 3 is 1.51 bits per heavy atom. The van der Waals surface area contributed by atoms with E-state index in [1.807, 2.05) is 12.1 Å². The summed E-state index contributed by atoms with van der Waals surface area (Å²) < 4.78 is 12.9. The average molecular weight is 830 g/mol.